The Balaban J connectivity index is 2.20. The standard InChI is InChI=1S/C18H26N2O5Si/c1-13(21)19(14-6-8-15(24-2)9-7-14)12-20-16(10-11-17(20)22)18(23)25-26(3,4)5/h6-9,16H,10-12H2,1-5H3. The maximum Gasteiger partial charge on any atom is 0.315 e. The van der Waals surface area contributed by atoms with Crippen molar-refractivity contribution in [2.75, 3.05) is 18.7 Å². The molecule has 0 N–H and O–H groups in total. The van der Waals surface area contributed by atoms with Crippen LogP contribution >= 0.6 is 0 Å². The van der Waals surface area contributed by atoms with Crippen LogP contribution in [0.25, 0.3) is 0 Å². The van der Waals surface area contributed by atoms with E-state index in [1.54, 1.807) is 31.4 Å². The highest BCUT2D eigenvalue weighted by Gasteiger charge is 2.40. The summed E-state index contributed by atoms with van der Waals surface area (Å²) < 4.78 is 10.7. The molecule has 0 aliphatic carbocycles. The molecular formula is C18H26N2O5Si. The molecule has 2 rings (SSSR count). The summed E-state index contributed by atoms with van der Waals surface area (Å²) >= 11 is 0. The summed E-state index contributed by atoms with van der Waals surface area (Å²) in [6.45, 7) is 7.22. The summed E-state index contributed by atoms with van der Waals surface area (Å²) in [7, 11) is -0.493. The molecule has 1 fully saturated rings. The molecule has 1 aliphatic rings. The minimum Gasteiger partial charge on any atom is -0.518 e. The van der Waals surface area contributed by atoms with E-state index in [1.165, 1.54) is 16.7 Å². The molecule has 0 radical (unpaired) electrons. The van der Waals surface area contributed by atoms with Gasteiger partial charge in [0, 0.05) is 19.0 Å². The van der Waals surface area contributed by atoms with Gasteiger partial charge in [-0.25, -0.2) is 0 Å². The quantitative estimate of drug-likeness (QED) is 0.711. The van der Waals surface area contributed by atoms with Crippen molar-refractivity contribution in [3.05, 3.63) is 24.3 Å². The summed E-state index contributed by atoms with van der Waals surface area (Å²) in [5.74, 6) is -0.0752. The second-order valence-electron chi connectivity index (χ2n) is 7.24. The van der Waals surface area contributed by atoms with E-state index in [4.69, 9.17) is 9.16 Å². The predicted octanol–water partition coefficient (Wildman–Crippen LogP) is 2.37. The van der Waals surface area contributed by atoms with Gasteiger partial charge in [-0.1, -0.05) is 0 Å². The molecule has 0 bridgehead atoms. The number of carbonyl (C=O) groups excluding carboxylic acids is 3. The highest BCUT2D eigenvalue weighted by atomic mass is 28.4. The lowest BCUT2D eigenvalue weighted by Crippen LogP contribution is -2.49. The van der Waals surface area contributed by atoms with Gasteiger partial charge in [-0.05, 0) is 50.3 Å². The Morgan fingerprint density at radius 2 is 1.85 bits per heavy atom. The second-order valence-corrected chi connectivity index (χ2v) is 11.7. The minimum atomic E-state index is -2.06. The average Bonchev–Trinajstić information content (AvgIpc) is 2.92. The van der Waals surface area contributed by atoms with Crippen molar-refractivity contribution in [2.24, 2.45) is 0 Å². The van der Waals surface area contributed by atoms with Crippen molar-refractivity contribution in [3.8, 4) is 5.75 Å². The topological polar surface area (TPSA) is 76.2 Å². The Hall–Kier alpha value is -2.35. The van der Waals surface area contributed by atoms with Crippen molar-refractivity contribution in [1.29, 1.82) is 0 Å². The van der Waals surface area contributed by atoms with Crippen LogP contribution in [0.2, 0.25) is 19.6 Å². The second kappa shape index (κ2) is 7.90. The monoisotopic (exact) mass is 378 g/mol. The van der Waals surface area contributed by atoms with Gasteiger partial charge in [0.1, 0.15) is 18.5 Å². The lowest BCUT2D eigenvalue weighted by molar-refractivity contribution is -0.144. The summed E-state index contributed by atoms with van der Waals surface area (Å²) in [4.78, 5) is 39.9. The number of rotatable bonds is 6. The van der Waals surface area contributed by atoms with Crippen LogP contribution in [0.15, 0.2) is 24.3 Å². The van der Waals surface area contributed by atoms with Crippen molar-refractivity contribution < 1.29 is 23.5 Å². The molecule has 142 valence electrons. The Morgan fingerprint density at radius 1 is 1.23 bits per heavy atom. The molecule has 0 aromatic heterocycles. The zero-order valence-corrected chi connectivity index (χ0v) is 16.9. The fourth-order valence-electron chi connectivity index (χ4n) is 2.80. The maximum atomic E-state index is 12.5. The van der Waals surface area contributed by atoms with E-state index in [9.17, 15) is 14.4 Å². The van der Waals surface area contributed by atoms with Gasteiger partial charge < -0.3 is 14.1 Å². The SMILES string of the molecule is COc1ccc(N(CN2C(=O)CCC2C(=O)O[Si](C)(C)C)C(C)=O)cc1. The van der Waals surface area contributed by atoms with E-state index in [0.29, 0.717) is 17.9 Å². The number of nitrogens with zero attached hydrogens (tertiary/aromatic N) is 2. The van der Waals surface area contributed by atoms with Gasteiger partial charge >= 0.3 is 5.97 Å². The van der Waals surface area contributed by atoms with Crippen LogP contribution in [-0.2, 0) is 18.8 Å². The van der Waals surface area contributed by atoms with E-state index < -0.39 is 14.4 Å². The smallest absolute Gasteiger partial charge is 0.315 e. The van der Waals surface area contributed by atoms with Crippen molar-refractivity contribution in [1.82, 2.24) is 4.90 Å². The van der Waals surface area contributed by atoms with Gasteiger partial charge in [0.15, 0.2) is 0 Å². The number of carbonyl (C=O) groups is 3. The van der Waals surface area contributed by atoms with Crippen LogP contribution in [0, 0.1) is 0 Å². The van der Waals surface area contributed by atoms with E-state index in [0.717, 1.165) is 0 Å². The number of amides is 2. The molecule has 26 heavy (non-hydrogen) atoms. The average molecular weight is 379 g/mol. The van der Waals surface area contributed by atoms with Gasteiger partial charge in [0.25, 0.3) is 0 Å². The molecule has 1 aromatic rings. The summed E-state index contributed by atoms with van der Waals surface area (Å²) in [6.07, 6.45) is 0.691. The number of ether oxygens (including phenoxy) is 1. The molecule has 1 aliphatic heterocycles. The van der Waals surface area contributed by atoms with E-state index in [2.05, 4.69) is 0 Å². The zero-order valence-electron chi connectivity index (χ0n) is 15.9. The molecule has 1 heterocycles. The molecule has 0 saturated carbocycles. The molecular weight excluding hydrogens is 352 g/mol. The number of likely N-dealkylation sites (tertiary alicyclic amines) is 1. The molecule has 1 atom stereocenters. The number of anilines is 1. The van der Waals surface area contributed by atoms with Crippen LogP contribution in [-0.4, -0.2) is 50.8 Å². The summed E-state index contributed by atoms with van der Waals surface area (Å²) in [6, 6.07) is 6.34. The van der Waals surface area contributed by atoms with E-state index in [1.807, 2.05) is 19.6 Å². The van der Waals surface area contributed by atoms with Crippen LogP contribution < -0.4 is 9.64 Å². The number of methoxy groups -OCH3 is 1. The van der Waals surface area contributed by atoms with Gasteiger partial charge in [0.2, 0.25) is 20.1 Å². The van der Waals surface area contributed by atoms with Crippen molar-refractivity contribution in [3.63, 3.8) is 0 Å². The largest absolute Gasteiger partial charge is 0.518 e. The lowest BCUT2D eigenvalue weighted by Gasteiger charge is -2.31. The molecule has 8 heteroatoms. The van der Waals surface area contributed by atoms with Gasteiger partial charge in [-0.3, -0.25) is 19.3 Å². The van der Waals surface area contributed by atoms with Crippen LogP contribution in [0.5, 0.6) is 5.75 Å². The Morgan fingerprint density at radius 3 is 2.35 bits per heavy atom. The maximum absolute atomic E-state index is 12.5. The van der Waals surface area contributed by atoms with Crippen molar-refractivity contribution in [2.45, 2.75) is 45.4 Å². The fourth-order valence-corrected chi connectivity index (χ4v) is 3.54. The van der Waals surface area contributed by atoms with Crippen LogP contribution in [0.4, 0.5) is 5.69 Å². The molecule has 2 amide bonds. The minimum absolute atomic E-state index is 0.0198. The Kier molecular flexibility index (Phi) is 6.07. The highest BCUT2D eigenvalue weighted by Crippen LogP contribution is 2.25. The van der Waals surface area contributed by atoms with Gasteiger partial charge in [0.05, 0.1) is 7.11 Å². The summed E-state index contributed by atoms with van der Waals surface area (Å²) in [5, 5.41) is 0. The van der Waals surface area contributed by atoms with Gasteiger partial charge in [-0.15, -0.1) is 0 Å². The van der Waals surface area contributed by atoms with Crippen molar-refractivity contribution >= 4 is 31.8 Å². The zero-order chi connectivity index (χ0) is 19.5. The first-order chi connectivity index (χ1) is 12.1. The first kappa shape index (κ1) is 20.0. The lowest BCUT2D eigenvalue weighted by atomic mass is 10.2. The Bertz CT molecular complexity index is 684. The van der Waals surface area contributed by atoms with E-state index >= 15 is 0 Å². The number of hydrogen-bond donors (Lipinski definition) is 0. The first-order valence-corrected chi connectivity index (χ1v) is 12.0. The van der Waals surface area contributed by atoms with Crippen LogP contribution in [0.1, 0.15) is 19.8 Å². The van der Waals surface area contributed by atoms with E-state index in [-0.39, 0.29) is 30.9 Å². The normalized spacial score (nSPS) is 17.2. The molecule has 0 spiro atoms. The molecule has 1 aromatic carbocycles. The van der Waals surface area contributed by atoms with Crippen LogP contribution in [0.3, 0.4) is 0 Å². The highest BCUT2D eigenvalue weighted by molar-refractivity contribution is 6.71. The number of hydrogen-bond acceptors (Lipinski definition) is 5. The molecule has 1 saturated heterocycles. The predicted molar refractivity (Wildman–Crippen MR) is 100 cm³/mol. The number of benzene rings is 1. The Labute approximate surface area is 155 Å². The summed E-state index contributed by atoms with van der Waals surface area (Å²) in [5.41, 5.74) is 0.635. The first-order valence-electron chi connectivity index (χ1n) is 8.57. The molecule has 7 nitrogen and oxygen atoms in total. The third-order valence-corrected chi connectivity index (χ3v) is 4.88. The third-order valence-electron chi connectivity index (χ3n) is 4.07. The fraction of sp³-hybridized carbons (Fsp3) is 0.500. The molecule has 1 unspecified atom stereocenters. The third kappa shape index (κ3) is 4.84. The van der Waals surface area contributed by atoms with Gasteiger partial charge in [-0.2, -0.15) is 0 Å².